The minimum Gasteiger partial charge on any atom is -0.493 e. The standard InChI is InChI=1S/C12H15NO/c13-12(5-6-12)10-7-9-3-1-2-4-11(9)14-8-10/h1-4,10H,5-8,13H2. The van der Waals surface area contributed by atoms with Crippen LogP contribution < -0.4 is 10.5 Å². The van der Waals surface area contributed by atoms with Crippen LogP contribution in [0.4, 0.5) is 0 Å². The first-order valence-electron chi connectivity index (χ1n) is 5.27. The van der Waals surface area contributed by atoms with Gasteiger partial charge < -0.3 is 10.5 Å². The number of ether oxygens (including phenoxy) is 1. The molecule has 1 aliphatic heterocycles. The molecule has 2 nitrogen and oxygen atoms in total. The van der Waals surface area contributed by atoms with Gasteiger partial charge in [0.25, 0.3) is 0 Å². The molecule has 0 bridgehead atoms. The lowest BCUT2D eigenvalue weighted by Crippen LogP contribution is -2.39. The topological polar surface area (TPSA) is 35.2 Å². The molecular weight excluding hydrogens is 174 g/mol. The van der Waals surface area contributed by atoms with E-state index in [4.69, 9.17) is 10.5 Å². The van der Waals surface area contributed by atoms with Gasteiger partial charge in [0.05, 0.1) is 6.61 Å². The molecule has 14 heavy (non-hydrogen) atoms. The number of rotatable bonds is 1. The molecule has 0 aromatic heterocycles. The Morgan fingerprint density at radius 1 is 1.29 bits per heavy atom. The number of para-hydroxylation sites is 1. The quantitative estimate of drug-likeness (QED) is 0.730. The Morgan fingerprint density at radius 3 is 2.86 bits per heavy atom. The molecule has 3 rings (SSSR count). The summed E-state index contributed by atoms with van der Waals surface area (Å²) in [4.78, 5) is 0. The van der Waals surface area contributed by atoms with Gasteiger partial charge in [-0.2, -0.15) is 0 Å². The first-order valence-corrected chi connectivity index (χ1v) is 5.27. The molecule has 2 heteroatoms. The molecule has 1 fully saturated rings. The second kappa shape index (κ2) is 2.74. The van der Waals surface area contributed by atoms with Crippen molar-refractivity contribution in [2.45, 2.75) is 24.8 Å². The lowest BCUT2D eigenvalue weighted by molar-refractivity contribution is 0.192. The molecule has 1 heterocycles. The normalized spacial score (nSPS) is 27.6. The van der Waals surface area contributed by atoms with Crippen molar-refractivity contribution in [2.24, 2.45) is 11.7 Å². The lowest BCUT2D eigenvalue weighted by atomic mass is 9.89. The highest BCUT2D eigenvalue weighted by Gasteiger charge is 2.47. The van der Waals surface area contributed by atoms with Crippen molar-refractivity contribution in [1.29, 1.82) is 0 Å². The second-order valence-electron chi connectivity index (χ2n) is 4.55. The van der Waals surface area contributed by atoms with Gasteiger partial charge in [-0.15, -0.1) is 0 Å². The summed E-state index contributed by atoms with van der Waals surface area (Å²) in [5.74, 6) is 1.57. The summed E-state index contributed by atoms with van der Waals surface area (Å²) in [6.45, 7) is 0.799. The number of hydrogen-bond donors (Lipinski definition) is 1. The molecule has 1 aliphatic carbocycles. The molecule has 0 saturated heterocycles. The molecular formula is C12H15NO. The van der Waals surface area contributed by atoms with Gasteiger partial charge in [0.15, 0.2) is 0 Å². The van der Waals surface area contributed by atoms with Crippen LogP contribution in [0.5, 0.6) is 5.75 Å². The lowest BCUT2D eigenvalue weighted by Gasteiger charge is -2.29. The third kappa shape index (κ3) is 1.22. The maximum absolute atomic E-state index is 6.20. The number of benzene rings is 1. The van der Waals surface area contributed by atoms with E-state index in [-0.39, 0.29) is 5.54 Å². The zero-order valence-corrected chi connectivity index (χ0v) is 8.20. The van der Waals surface area contributed by atoms with Crippen LogP contribution in [-0.2, 0) is 6.42 Å². The molecule has 2 aliphatic rings. The predicted molar refractivity (Wildman–Crippen MR) is 55.3 cm³/mol. The van der Waals surface area contributed by atoms with Crippen molar-refractivity contribution in [2.75, 3.05) is 6.61 Å². The fourth-order valence-electron chi connectivity index (χ4n) is 2.25. The third-order valence-corrected chi connectivity index (χ3v) is 3.52. The van der Waals surface area contributed by atoms with Gasteiger partial charge in [-0.25, -0.2) is 0 Å². The SMILES string of the molecule is NC1(C2COc3ccccc3C2)CC1. The van der Waals surface area contributed by atoms with E-state index in [1.54, 1.807) is 0 Å². The van der Waals surface area contributed by atoms with E-state index < -0.39 is 0 Å². The number of fused-ring (bicyclic) bond motifs is 1. The van der Waals surface area contributed by atoms with E-state index in [0.717, 1.165) is 18.8 Å². The van der Waals surface area contributed by atoms with Crippen molar-refractivity contribution < 1.29 is 4.74 Å². The van der Waals surface area contributed by atoms with Crippen LogP contribution in [-0.4, -0.2) is 12.1 Å². The summed E-state index contributed by atoms with van der Waals surface area (Å²) in [7, 11) is 0. The predicted octanol–water partition coefficient (Wildman–Crippen LogP) is 1.73. The molecule has 1 aromatic rings. The van der Waals surface area contributed by atoms with Gasteiger partial charge in [-0.3, -0.25) is 0 Å². The fraction of sp³-hybridized carbons (Fsp3) is 0.500. The van der Waals surface area contributed by atoms with Gasteiger partial charge in [0.1, 0.15) is 5.75 Å². The zero-order valence-electron chi connectivity index (χ0n) is 8.20. The third-order valence-electron chi connectivity index (χ3n) is 3.52. The highest BCUT2D eigenvalue weighted by Crippen LogP contribution is 2.43. The van der Waals surface area contributed by atoms with E-state index in [1.165, 1.54) is 18.4 Å². The average Bonchev–Trinajstić information content (AvgIpc) is 2.97. The maximum atomic E-state index is 6.20. The first-order chi connectivity index (χ1) is 6.78. The van der Waals surface area contributed by atoms with E-state index in [9.17, 15) is 0 Å². The molecule has 1 saturated carbocycles. The molecule has 1 atom stereocenters. The maximum Gasteiger partial charge on any atom is 0.122 e. The highest BCUT2D eigenvalue weighted by molar-refractivity contribution is 5.36. The Balaban J connectivity index is 1.86. The summed E-state index contributed by atoms with van der Waals surface area (Å²) in [6.07, 6.45) is 3.43. The monoisotopic (exact) mass is 189 g/mol. The smallest absolute Gasteiger partial charge is 0.122 e. The van der Waals surface area contributed by atoms with Crippen LogP contribution in [0.3, 0.4) is 0 Å². The molecule has 0 amide bonds. The number of nitrogens with two attached hydrogens (primary N) is 1. The Morgan fingerprint density at radius 2 is 2.07 bits per heavy atom. The van der Waals surface area contributed by atoms with Crippen LogP contribution in [0, 0.1) is 5.92 Å². The Kier molecular flexibility index (Phi) is 1.62. The van der Waals surface area contributed by atoms with E-state index in [2.05, 4.69) is 12.1 Å². The largest absolute Gasteiger partial charge is 0.493 e. The number of hydrogen-bond acceptors (Lipinski definition) is 2. The van der Waals surface area contributed by atoms with Crippen LogP contribution >= 0.6 is 0 Å². The molecule has 2 N–H and O–H groups in total. The summed E-state index contributed by atoms with van der Waals surface area (Å²) < 4.78 is 5.72. The van der Waals surface area contributed by atoms with E-state index in [0.29, 0.717) is 5.92 Å². The fourth-order valence-corrected chi connectivity index (χ4v) is 2.25. The van der Waals surface area contributed by atoms with Crippen LogP contribution in [0.1, 0.15) is 18.4 Å². The van der Waals surface area contributed by atoms with E-state index in [1.807, 2.05) is 12.1 Å². The summed E-state index contributed by atoms with van der Waals surface area (Å²) in [5.41, 5.74) is 7.61. The molecule has 1 aromatic carbocycles. The molecule has 0 radical (unpaired) electrons. The van der Waals surface area contributed by atoms with Crippen molar-refractivity contribution in [3.8, 4) is 5.75 Å². The van der Waals surface area contributed by atoms with Crippen molar-refractivity contribution in [3.63, 3.8) is 0 Å². The zero-order chi connectivity index (χ0) is 9.60. The van der Waals surface area contributed by atoms with Crippen LogP contribution in [0.15, 0.2) is 24.3 Å². The minimum absolute atomic E-state index is 0.0908. The van der Waals surface area contributed by atoms with Crippen molar-refractivity contribution >= 4 is 0 Å². The summed E-state index contributed by atoms with van der Waals surface area (Å²) >= 11 is 0. The minimum atomic E-state index is 0.0908. The van der Waals surface area contributed by atoms with Gasteiger partial charge >= 0.3 is 0 Å². The average molecular weight is 189 g/mol. The van der Waals surface area contributed by atoms with Crippen molar-refractivity contribution in [3.05, 3.63) is 29.8 Å². The molecule has 0 spiro atoms. The van der Waals surface area contributed by atoms with Gasteiger partial charge in [-0.1, -0.05) is 18.2 Å². The molecule has 74 valence electrons. The van der Waals surface area contributed by atoms with E-state index >= 15 is 0 Å². The molecule has 1 unspecified atom stereocenters. The van der Waals surface area contributed by atoms with Crippen LogP contribution in [0.25, 0.3) is 0 Å². The Bertz CT molecular complexity index is 357. The van der Waals surface area contributed by atoms with Crippen molar-refractivity contribution in [1.82, 2.24) is 0 Å². The van der Waals surface area contributed by atoms with Gasteiger partial charge in [0, 0.05) is 11.5 Å². The van der Waals surface area contributed by atoms with Gasteiger partial charge in [0.2, 0.25) is 0 Å². The summed E-state index contributed by atoms with van der Waals surface area (Å²) in [5, 5.41) is 0. The Hall–Kier alpha value is -1.02. The first kappa shape index (κ1) is 8.30. The second-order valence-corrected chi connectivity index (χ2v) is 4.55. The summed E-state index contributed by atoms with van der Waals surface area (Å²) in [6, 6.07) is 8.28. The highest BCUT2D eigenvalue weighted by atomic mass is 16.5. The Labute approximate surface area is 84.1 Å². The van der Waals surface area contributed by atoms with Crippen LogP contribution in [0.2, 0.25) is 0 Å². The van der Waals surface area contributed by atoms with Gasteiger partial charge in [-0.05, 0) is 30.9 Å².